The van der Waals surface area contributed by atoms with E-state index in [1.165, 1.54) is 24.5 Å². The fourth-order valence-electron chi connectivity index (χ4n) is 3.27. The lowest BCUT2D eigenvalue weighted by atomic mass is 10.1. The van der Waals surface area contributed by atoms with Gasteiger partial charge in [-0.2, -0.15) is 17.6 Å². The van der Waals surface area contributed by atoms with Crippen molar-refractivity contribution in [3.8, 4) is 28.8 Å². The molecule has 0 atom stereocenters. The van der Waals surface area contributed by atoms with Crippen molar-refractivity contribution in [3.05, 3.63) is 84.1 Å². The van der Waals surface area contributed by atoms with E-state index in [1.54, 1.807) is 37.4 Å². The van der Waals surface area contributed by atoms with Crippen LogP contribution in [0.2, 0.25) is 0 Å². The van der Waals surface area contributed by atoms with Crippen LogP contribution in [-0.2, 0) is 6.42 Å². The molecule has 8 nitrogen and oxygen atoms in total. The van der Waals surface area contributed by atoms with Crippen LogP contribution in [0.15, 0.2) is 67.1 Å². The number of alkyl halides is 4. The van der Waals surface area contributed by atoms with Gasteiger partial charge in [0.05, 0.1) is 5.56 Å². The van der Waals surface area contributed by atoms with Crippen molar-refractivity contribution >= 4 is 11.6 Å². The zero-order valence-electron chi connectivity index (χ0n) is 20.2. The van der Waals surface area contributed by atoms with E-state index in [0.29, 0.717) is 34.9 Å². The number of aromatic nitrogens is 4. The second-order valence-electron chi connectivity index (χ2n) is 7.96. The number of halogens is 4. The predicted octanol–water partition coefficient (Wildman–Crippen LogP) is 6.09. The maximum Gasteiger partial charge on any atom is 0.461 e. The summed E-state index contributed by atoms with van der Waals surface area (Å²) < 4.78 is 61.5. The molecular weight excluding hydrogens is 506 g/mol. The molecule has 0 saturated heterocycles. The molecule has 4 aromatic rings. The number of carbonyl (C=O) groups excluding carboxylic acids is 1. The standard InChI is InChI=1S/C26H21F4N5O3/c1-3-21-32-14-33-22(35-21)19-8-5-11-31-24(19)37-20-12-16(10-9-15(20)2)23(36)34-17-6-4-7-18(13-17)38-26(29,30)25(27)28/h4-14,25H,3H2,1-2H3,(H,34,36). The molecule has 196 valence electrons. The Labute approximate surface area is 214 Å². The van der Waals surface area contributed by atoms with E-state index in [4.69, 9.17) is 4.74 Å². The fourth-order valence-corrected chi connectivity index (χ4v) is 3.27. The summed E-state index contributed by atoms with van der Waals surface area (Å²) in [4.78, 5) is 29.9. The minimum absolute atomic E-state index is 0.0641. The summed E-state index contributed by atoms with van der Waals surface area (Å²) in [5.74, 6) is 0.396. The molecule has 0 spiro atoms. The Morgan fingerprint density at radius 3 is 2.63 bits per heavy atom. The SMILES string of the molecule is CCc1ncnc(-c2cccnc2Oc2cc(C(=O)Nc3cccc(OC(F)(F)C(F)F)c3)ccc2C)n1. The number of rotatable bonds is 9. The Bertz CT molecular complexity index is 1450. The lowest BCUT2D eigenvalue weighted by Gasteiger charge is -2.17. The third kappa shape index (κ3) is 6.20. The molecule has 2 aromatic carbocycles. The topological polar surface area (TPSA) is 99.1 Å². The lowest BCUT2D eigenvalue weighted by molar-refractivity contribution is -0.253. The second-order valence-corrected chi connectivity index (χ2v) is 7.96. The van der Waals surface area contributed by atoms with Crippen molar-refractivity contribution in [2.75, 3.05) is 5.32 Å². The molecule has 0 radical (unpaired) electrons. The van der Waals surface area contributed by atoms with Crippen molar-refractivity contribution in [1.82, 2.24) is 19.9 Å². The number of hydrogen-bond acceptors (Lipinski definition) is 7. The summed E-state index contributed by atoms with van der Waals surface area (Å²) >= 11 is 0. The molecule has 0 aliphatic rings. The van der Waals surface area contributed by atoms with Gasteiger partial charge in [0, 0.05) is 29.9 Å². The summed E-state index contributed by atoms with van der Waals surface area (Å²) in [6.07, 6.45) is -5.12. The first kappa shape index (κ1) is 26.5. The number of amides is 1. The predicted molar refractivity (Wildman–Crippen MR) is 130 cm³/mol. The Morgan fingerprint density at radius 2 is 1.87 bits per heavy atom. The molecule has 1 N–H and O–H groups in total. The first-order valence-electron chi connectivity index (χ1n) is 11.3. The van der Waals surface area contributed by atoms with Gasteiger partial charge in [0.25, 0.3) is 5.91 Å². The minimum Gasteiger partial charge on any atom is -0.438 e. The van der Waals surface area contributed by atoms with Gasteiger partial charge in [0.1, 0.15) is 23.7 Å². The van der Waals surface area contributed by atoms with Gasteiger partial charge in [-0.1, -0.05) is 19.1 Å². The van der Waals surface area contributed by atoms with E-state index < -0.39 is 24.2 Å². The van der Waals surface area contributed by atoms with E-state index in [0.717, 1.165) is 12.1 Å². The Balaban J connectivity index is 1.55. The number of hydrogen-bond donors (Lipinski definition) is 1. The Hall–Kier alpha value is -4.61. The highest BCUT2D eigenvalue weighted by Crippen LogP contribution is 2.32. The molecular formula is C26H21F4N5O3. The van der Waals surface area contributed by atoms with Crippen LogP contribution >= 0.6 is 0 Å². The van der Waals surface area contributed by atoms with E-state index in [-0.39, 0.29) is 17.1 Å². The summed E-state index contributed by atoms with van der Waals surface area (Å²) in [5.41, 5.74) is 1.47. The lowest BCUT2D eigenvalue weighted by Crippen LogP contribution is -2.33. The molecule has 0 bridgehead atoms. The molecule has 0 fully saturated rings. The molecule has 38 heavy (non-hydrogen) atoms. The van der Waals surface area contributed by atoms with Gasteiger partial charge in [-0.05, 0) is 48.9 Å². The highest BCUT2D eigenvalue weighted by molar-refractivity contribution is 6.04. The monoisotopic (exact) mass is 527 g/mol. The zero-order valence-corrected chi connectivity index (χ0v) is 20.2. The van der Waals surface area contributed by atoms with Gasteiger partial charge < -0.3 is 14.8 Å². The van der Waals surface area contributed by atoms with Crippen molar-refractivity contribution < 1.29 is 31.8 Å². The molecule has 0 aliphatic carbocycles. The Morgan fingerprint density at radius 1 is 1.05 bits per heavy atom. The van der Waals surface area contributed by atoms with Crippen LogP contribution in [0, 0.1) is 6.92 Å². The maximum absolute atomic E-state index is 13.2. The number of ether oxygens (including phenoxy) is 2. The number of pyridine rings is 1. The number of nitrogens with zero attached hydrogens (tertiary/aromatic N) is 4. The average molecular weight is 527 g/mol. The van der Waals surface area contributed by atoms with Crippen LogP contribution in [0.5, 0.6) is 17.4 Å². The molecule has 1 amide bonds. The van der Waals surface area contributed by atoms with Crippen LogP contribution in [0.4, 0.5) is 23.2 Å². The van der Waals surface area contributed by atoms with E-state index >= 15 is 0 Å². The molecule has 2 heterocycles. The molecule has 0 aliphatic heterocycles. The highest BCUT2D eigenvalue weighted by atomic mass is 19.3. The minimum atomic E-state index is -4.67. The smallest absolute Gasteiger partial charge is 0.438 e. The first-order chi connectivity index (χ1) is 18.2. The van der Waals surface area contributed by atoms with Gasteiger partial charge in [0.15, 0.2) is 5.82 Å². The van der Waals surface area contributed by atoms with E-state index in [2.05, 4.69) is 30.0 Å². The van der Waals surface area contributed by atoms with Crippen LogP contribution in [-0.4, -0.2) is 38.4 Å². The summed E-state index contributed by atoms with van der Waals surface area (Å²) in [5, 5.41) is 2.52. The first-order valence-corrected chi connectivity index (χ1v) is 11.3. The van der Waals surface area contributed by atoms with Crippen LogP contribution in [0.25, 0.3) is 11.4 Å². The zero-order chi connectivity index (χ0) is 27.3. The molecule has 12 heteroatoms. The number of nitrogens with one attached hydrogen (secondary N) is 1. The average Bonchev–Trinajstić information content (AvgIpc) is 2.90. The quantitative estimate of drug-likeness (QED) is 0.263. The van der Waals surface area contributed by atoms with Crippen LogP contribution in [0.3, 0.4) is 0 Å². The second kappa shape index (κ2) is 11.2. The molecule has 0 saturated carbocycles. The molecule has 0 unspecified atom stereocenters. The molecule has 2 aromatic heterocycles. The maximum atomic E-state index is 13.2. The van der Waals surface area contributed by atoms with Gasteiger partial charge in [-0.3, -0.25) is 4.79 Å². The van der Waals surface area contributed by atoms with Crippen molar-refractivity contribution in [2.45, 2.75) is 32.8 Å². The van der Waals surface area contributed by atoms with Gasteiger partial charge >= 0.3 is 12.5 Å². The number of aryl methyl sites for hydroxylation is 2. The van der Waals surface area contributed by atoms with Crippen LogP contribution in [0.1, 0.15) is 28.7 Å². The fraction of sp³-hybridized carbons (Fsp3) is 0.192. The van der Waals surface area contributed by atoms with Crippen LogP contribution < -0.4 is 14.8 Å². The summed E-state index contributed by atoms with van der Waals surface area (Å²) in [7, 11) is 0. The van der Waals surface area contributed by atoms with E-state index in [9.17, 15) is 22.4 Å². The summed E-state index contributed by atoms with van der Waals surface area (Å²) in [6, 6.07) is 12.9. The Kier molecular flexibility index (Phi) is 7.79. The highest BCUT2D eigenvalue weighted by Gasteiger charge is 2.44. The third-order valence-corrected chi connectivity index (χ3v) is 5.21. The van der Waals surface area contributed by atoms with Gasteiger partial charge in [0.2, 0.25) is 5.88 Å². The number of anilines is 1. The van der Waals surface area contributed by atoms with Crippen molar-refractivity contribution in [2.24, 2.45) is 0 Å². The largest absolute Gasteiger partial charge is 0.461 e. The van der Waals surface area contributed by atoms with Crippen molar-refractivity contribution in [3.63, 3.8) is 0 Å². The number of benzene rings is 2. The van der Waals surface area contributed by atoms with E-state index in [1.807, 2.05) is 6.92 Å². The molecule has 4 rings (SSSR count). The number of carbonyl (C=O) groups is 1. The normalized spacial score (nSPS) is 11.3. The summed E-state index contributed by atoms with van der Waals surface area (Å²) in [6.45, 7) is 3.70. The van der Waals surface area contributed by atoms with Crippen molar-refractivity contribution in [1.29, 1.82) is 0 Å². The van der Waals surface area contributed by atoms with Gasteiger partial charge in [-0.25, -0.2) is 19.9 Å². The third-order valence-electron chi connectivity index (χ3n) is 5.21. The van der Waals surface area contributed by atoms with Gasteiger partial charge in [-0.15, -0.1) is 0 Å².